The molecule has 0 saturated heterocycles. The molecular weight excluding hydrogens is 509 g/mol. The van der Waals surface area contributed by atoms with Gasteiger partial charge in [0, 0.05) is 33.7 Å². The third-order valence-corrected chi connectivity index (χ3v) is 7.00. The van der Waals surface area contributed by atoms with Crippen LogP contribution in [0, 0.1) is 0 Å². The number of hydrogen-bond donors (Lipinski definition) is 1. The summed E-state index contributed by atoms with van der Waals surface area (Å²) in [7, 11) is -3.82. The summed E-state index contributed by atoms with van der Waals surface area (Å²) in [6.45, 7) is 3.33. The highest BCUT2D eigenvalue weighted by atomic mass is 35.5. The zero-order valence-corrected chi connectivity index (χ0v) is 21.6. The second kappa shape index (κ2) is 11.9. The number of carbonyl (C=O) groups is 2. The first kappa shape index (κ1) is 27.2. The lowest BCUT2D eigenvalue weighted by Gasteiger charge is -2.32. The molecule has 180 valence electrons. The first-order valence-electron chi connectivity index (χ1n) is 10.2. The van der Waals surface area contributed by atoms with E-state index in [9.17, 15) is 18.0 Å². The maximum Gasteiger partial charge on any atom is 0.244 e. The maximum atomic E-state index is 13.4. The van der Waals surface area contributed by atoms with Gasteiger partial charge in [0.25, 0.3) is 0 Å². The fourth-order valence-electron chi connectivity index (χ4n) is 3.05. The number of amides is 2. The van der Waals surface area contributed by atoms with Crippen molar-refractivity contribution >= 4 is 62.3 Å². The van der Waals surface area contributed by atoms with Gasteiger partial charge in [-0.25, -0.2) is 8.42 Å². The minimum absolute atomic E-state index is 0.0731. The number of nitrogens with one attached hydrogen (secondary N) is 1. The Hall–Kier alpha value is -2.00. The molecule has 1 N–H and O–H groups in total. The topological polar surface area (TPSA) is 86.8 Å². The van der Waals surface area contributed by atoms with Crippen molar-refractivity contribution < 1.29 is 18.0 Å². The molecule has 7 nitrogen and oxygen atoms in total. The van der Waals surface area contributed by atoms with Crippen molar-refractivity contribution in [2.24, 2.45) is 0 Å². The van der Waals surface area contributed by atoms with Gasteiger partial charge in [0.2, 0.25) is 21.8 Å². The van der Waals surface area contributed by atoms with Crippen LogP contribution < -0.4 is 9.62 Å². The Morgan fingerprint density at radius 2 is 1.61 bits per heavy atom. The molecular formula is C22H26Cl3N3O4S. The van der Waals surface area contributed by atoms with E-state index in [1.807, 2.05) is 6.92 Å². The van der Waals surface area contributed by atoms with Crippen LogP contribution in [0.2, 0.25) is 15.1 Å². The summed E-state index contributed by atoms with van der Waals surface area (Å²) < 4.78 is 25.9. The van der Waals surface area contributed by atoms with Crippen LogP contribution in [0.25, 0.3) is 0 Å². The Morgan fingerprint density at radius 1 is 1.03 bits per heavy atom. The Morgan fingerprint density at radius 3 is 2.12 bits per heavy atom. The number of halogens is 3. The van der Waals surface area contributed by atoms with Crippen LogP contribution in [-0.4, -0.2) is 50.5 Å². The van der Waals surface area contributed by atoms with E-state index in [1.165, 1.54) is 29.2 Å². The van der Waals surface area contributed by atoms with E-state index in [1.54, 1.807) is 25.1 Å². The number of carbonyl (C=O) groups excluding carboxylic acids is 2. The molecule has 0 aromatic heterocycles. The summed E-state index contributed by atoms with van der Waals surface area (Å²) in [4.78, 5) is 27.4. The second-order valence-electron chi connectivity index (χ2n) is 7.43. The van der Waals surface area contributed by atoms with Crippen molar-refractivity contribution in [2.45, 2.75) is 32.9 Å². The summed E-state index contributed by atoms with van der Waals surface area (Å²) in [5.74, 6) is -0.962. The van der Waals surface area contributed by atoms with Gasteiger partial charge in [-0.3, -0.25) is 13.9 Å². The molecule has 11 heteroatoms. The Bertz CT molecular complexity index is 1070. The monoisotopic (exact) mass is 533 g/mol. The van der Waals surface area contributed by atoms with Gasteiger partial charge in [-0.15, -0.1) is 0 Å². The van der Waals surface area contributed by atoms with Gasteiger partial charge in [-0.2, -0.15) is 0 Å². The molecule has 0 bridgehead atoms. The fraction of sp³-hybridized carbons (Fsp3) is 0.364. The van der Waals surface area contributed by atoms with E-state index >= 15 is 0 Å². The van der Waals surface area contributed by atoms with Crippen molar-refractivity contribution in [3.63, 3.8) is 0 Å². The fourth-order valence-corrected chi connectivity index (χ4v) is 4.55. The average molecular weight is 535 g/mol. The summed E-state index contributed by atoms with van der Waals surface area (Å²) in [5, 5.41) is 3.85. The van der Waals surface area contributed by atoms with Crippen LogP contribution in [-0.2, 0) is 26.2 Å². The number of sulfonamides is 1. The van der Waals surface area contributed by atoms with E-state index in [-0.39, 0.29) is 18.1 Å². The van der Waals surface area contributed by atoms with E-state index < -0.39 is 28.5 Å². The van der Waals surface area contributed by atoms with Gasteiger partial charge in [0.15, 0.2) is 0 Å². The SMILES string of the molecule is CCCNC(=O)[C@@H](C)N(Cc1c(Cl)cccc1Cl)C(=O)CN(c1ccc(Cl)cc1)S(C)(=O)=O. The molecule has 0 spiro atoms. The van der Waals surface area contributed by atoms with Crippen molar-refractivity contribution in [1.29, 1.82) is 0 Å². The van der Waals surface area contributed by atoms with E-state index in [2.05, 4.69) is 5.32 Å². The summed E-state index contributed by atoms with van der Waals surface area (Å²) >= 11 is 18.5. The zero-order valence-electron chi connectivity index (χ0n) is 18.5. The molecule has 0 fully saturated rings. The molecule has 0 aliphatic carbocycles. The third kappa shape index (κ3) is 7.50. The first-order chi connectivity index (χ1) is 15.5. The molecule has 0 radical (unpaired) electrons. The van der Waals surface area contributed by atoms with Crippen molar-refractivity contribution in [3.05, 3.63) is 63.1 Å². The van der Waals surface area contributed by atoms with Crippen molar-refractivity contribution in [3.8, 4) is 0 Å². The lowest BCUT2D eigenvalue weighted by molar-refractivity contribution is -0.139. The Labute approximate surface area is 209 Å². The van der Waals surface area contributed by atoms with Gasteiger partial charge in [0.1, 0.15) is 12.6 Å². The molecule has 33 heavy (non-hydrogen) atoms. The Kier molecular flexibility index (Phi) is 9.84. The molecule has 0 aliphatic heterocycles. The lowest BCUT2D eigenvalue weighted by Crippen LogP contribution is -2.51. The molecule has 2 rings (SSSR count). The standard InChI is InChI=1S/C22H26Cl3N3O4S/c1-4-12-26-22(30)15(2)27(13-18-19(24)6-5-7-20(18)25)21(29)14-28(33(3,31)32)17-10-8-16(23)9-11-17/h5-11,15H,4,12-14H2,1-3H3,(H,26,30)/t15-/m1/s1. The van der Waals surface area contributed by atoms with Gasteiger partial charge in [-0.05, 0) is 49.7 Å². The van der Waals surface area contributed by atoms with E-state index in [4.69, 9.17) is 34.8 Å². The zero-order chi connectivity index (χ0) is 24.8. The average Bonchev–Trinajstić information content (AvgIpc) is 2.75. The van der Waals surface area contributed by atoms with Crippen LogP contribution in [0.3, 0.4) is 0 Å². The maximum absolute atomic E-state index is 13.4. The van der Waals surface area contributed by atoms with Gasteiger partial charge in [0.05, 0.1) is 11.9 Å². The lowest BCUT2D eigenvalue weighted by atomic mass is 10.1. The highest BCUT2D eigenvalue weighted by Crippen LogP contribution is 2.27. The minimum atomic E-state index is -3.82. The number of anilines is 1. The number of benzene rings is 2. The highest BCUT2D eigenvalue weighted by molar-refractivity contribution is 7.92. The molecule has 0 heterocycles. The molecule has 0 aliphatic rings. The molecule has 2 amide bonds. The number of hydrogen-bond acceptors (Lipinski definition) is 4. The van der Waals surface area contributed by atoms with E-state index in [0.717, 1.165) is 17.0 Å². The molecule has 2 aromatic rings. The summed E-state index contributed by atoms with van der Waals surface area (Å²) in [5.41, 5.74) is 0.732. The van der Waals surface area contributed by atoms with Crippen LogP contribution in [0.5, 0.6) is 0 Å². The summed E-state index contributed by atoms with van der Waals surface area (Å²) in [6, 6.07) is 10.1. The van der Waals surface area contributed by atoms with Crippen LogP contribution >= 0.6 is 34.8 Å². The predicted octanol–water partition coefficient (Wildman–Crippen LogP) is 4.36. The normalized spacial score (nSPS) is 12.2. The van der Waals surface area contributed by atoms with Gasteiger partial charge >= 0.3 is 0 Å². The molecule has 2 aromatic carbocycles. The third-order valence-electron chi connectivity index (χ3n) is 4.90. The van der Waals surface area contributed by atoms with Crippen LogP contribution in [0.1, 0.15) is 25.8 Å². The predicted molar refractivity (Wildman–Crippen MR) is 133 cm³/mol. The van der Waals surface area contributed by atoms with Crippen LogP contribution in [0.4, 0.5) is 5.69 Å². The van der Waals surface area contributed by atoms with E-state index in [0.29, 0.717) is 27.2 Å². The largest absolute Gasteiger partial charge is 0.354 e. The molecule has 0 saturated carbocycles. The van der Waals surface area contributed by atoms with Gasteiger partial charge in [-0.1, -0.05) is 47.8 Å². The van der Waals surface area contributed by atoms with Crippen LogP contribution in [0.15, 0.2) is 42.5 Å². The number of nitrogens with zero attached hydrogens (tertiary/aromatic N) is 2. The number of rotatable bonds is 10. The van der Waals surface area contributed by atoms with Crippen molar-refractivity contribution in [2.75, 3.05) is 23.7 Å². The summed E-state index contributed by atoms with van der Waals surface area (Å²) in [6.07, 6.45) is 1.72. The quantitative estimate of drug-likeness (QED) is 0.491. The van der Waals surface area contributed by atoms with Gasteiger partial charge < -0.3 is 10.2 Å². The minimum Gasteiger partial charge on any atom is -0.354 e. The second-order valence-corrected chi connectivity index (χ2v) is 10.6. The Balaban J connectivity index is 2.42. The van der Waals surface area contributed by atoms with Crippen molar-refractivity contribution in [1.82, 2.24) is 10.2 Å². The first-order valence-corrected chi connectivity index (χ1v) is 13.2. The highest BCUT2D eigenvalue weighted by Gasteiger charge is 2.30. The smallest absolute Gasteiger partial charge is 0.244 e. The molecule has 0 unspecified atom stereocenters. The molecule has 1 atom stereocenters.